The molecule has 1 aromatic carbocycles. The molecule has 0 saturated heterocycles. The van der Waals surface area contributed by atoms with Crippen LogP contribution < -0.4 is 5.43 Å². The van der Waals surface area contributed by atoms with Crippen LogP contribution in [0.25, 0.3) is 0 Å². The number of halogens is 3. The molecule has 3 nitrogen and oxygen atoms in total. The highest BCUT2D eigenvalue weighted by Crippen LogP contribution is 2.22. The van der Waals surface area contributed by atoms with Gasteiger partial charge in [-0.3, -0.25) is 5.43 Å². The van der Waals surface area contributed by atoms with Gasteiger partial charge in [0.05, 0.1) is 15.8 Å². The van der Waals surface area contributed by atoms with E-state index in [1.165, 1.54) is 12.3 Å². The Morgan fingerprint density at radius 3 is 2.74 bits per heavy atom. The van der Waals surface area contributed by atoms with Crippen LogP contribution in [0.5, 0.6) is 0 Å². The third kappa shape index (κ3) is 3.43. The second kappa shape index (κ2) is 5.99. The van der Waals surface area contributed by atoms with E-state index in [1.54, 1.807) is 31.2 Å². The Labute approximate surface area is 120 Å². The van der Waals surface area contributed by atoms with E-state index >= 15 is 0 Å². The van der Waals surface area contributed by atoms with Crippen LogP contribution in [-0.4, -0.2) is 10.7 Å². The van der Waals surface area contributed by atoms with Gasteiger partial charge < -0.3 is 0 Å². The van der Waals surface area contributed by atoms with Crippen molar-refractivity contribution in [3.8, 4) is 0 Å². The lowest BCUT2D eigenvalue weighted by Gasteiger charge is -2.05. The summed E-state index contributed by atoms with van der Waals surface area (Å²) in [6.07, 6.45) is 1.45. The van der Waals surface area contributed by atoms with Crippen LogP contribution >= 0.6 is 23.2 Å². The fourth-order valence-electron chi connectivity index (χ4n) is 1.45. The summed E-state index contributed by atoms with van der Waals surface area (Å²) in [5.74, 6) is 0.0301. The van der Waals surface area contributed by atoms with Gasteiger partial charge in [0, 0.05) is 11.8 Å². The van der Waals surface area contributed by atoms with Crippen molar-refractivity contribution in [2.45, 2.75) is 6.92 Å². The molecule has 0 aliphatic carbocycles. The van der Waals surface area contributed by atoms with Gasteiger partial charge in [0.2, 0.25) is 0 Å². The van der Waals surface area contributed by atoms with Crippen molar-refractivity contribution in [2.75, 3.05) is 5.43 Å². The van der Waals surface area contributed by atoms with Crippen molar-refractivity contribution >= 4 is 34.7 Å². The first-order chi connectivity index (χ1) is 9.08. The molecule has 0 saturated carbocycles. The number of benzene rings is 1. The molecule has 1 heterocycles. The summed E-state index contributed by atoms with van der Waals surface area (Å²) in [6, 6.07) is 7.93. The molecular weight excluding hydrogens is 288 g/mol. The predicted molar refractivity (Wildman–Crippen MR) is 76.5 cm³/mol. The third-order valence-corrected chi connectivity index (χ3v) is 2.90. The third-order valence-electron chi connectivity index (χ3n) is 2.40. The van der Waals surface area contributed by atoms with E-state index in [2.05, 4.69) is 15.5 Å². The number of rotatable bonds is 3. The minimum Gasteiger partial charge on any atom is -0.260 e. The van der Waals surface area contributed by atoms with Gasteiger partial charge in [-0.15, -0.1) is 0 Å². The molecule has 0 bridgehead atoms. The Bertz CT molecular complexity index is 629. The zero-order valence-corrected chi connectivity index (χ0v) is 11.5. The first-order valence-corrected chi connectivity index (χ1v) is 6.20. The summed E-state index contributed by atoms with van der Waals surface area (Å²) < 4.78 is 13.5. The number of nitrogens with one attached hydrogen (secondary N) is 1. The molecule has 2 aromatic rings. The molecule has 1 N–H and O–H groups in total. The van der Waals surface area contributed by atoms with E-state index < -0.39 is 0 Å². The average Bonchev–Trinajstić information content (AvgIpc) is 2.38. The Balaban J connectivity index is 2.21. The molecule has 0 amide bonds. The van der Waals surface area contributed by atoms with Gasteiger partial charge in [0.25, 0.3) is 0 Å². The highest BCUT2D eigenvalue weighted by Gasteiger charge is 2.05. The number of nitrogens with zero attached hydrogens (tertiary/aromatic N) is 2. The van der Waals surface area contributed by atoms with Crippen LogP contribution in [0, 0.1) is 5.82 Å². The van der Waals surface area contributed by atoms with Crippen molar-refractivity contribution in [3.05, 3.63) is 58.0 Å². The SMILES string of the molecule is C/C(=N/Nc1ncc(Cl)cc1Cl)c1ccccc1F. The first kappa shape index (κ1) is 13.8. The van der Waals surface area contributed by atoms with Crippen LogP contribution in [0.1, 0.15) is 12.5 Å². The Hall–Kier alpha value is -1.65. The molecule has 2 rings (SSSR count). The number of hydrogen-bond donors (Lipinski definition) is 1. The van der Waals surface area contributed by atoms with Gasteiger partial charge in [-0.1, -0.05) is 41.4 Å². The van der Waals surface area contributed by atoms with Gasteiger partial charge in [-0.05, 0) is 19.1 Å². The molecule has 0 unspecified atom stereocenters. The summed E-state index contributed by atoms with van der Waals surface area (Å²) in [5, 5.41) is 4.83. The fraction of sp³-hybridized carbons (Fsp3) is 0.0769. The topological polar surface area (TPSA) is 37.3 Å². The van der Waals surface area contributed by atoms with E-state index in [9.17, 15) is 4.39 Å². The van der Waals surface area contributed by atoms with Crippen LogP contribution in [0.3, 0.4) is 0 Å². The van der Waals surface area contributed by atoms with Crippen molar-refractivity contribution in [1.29, 1.82) is 0 Å². The number of hydrogen-bond acceptors (Lipinski definition) is 3. The van der Waals surface area contributed by atoms with E-state index in [1.807, 2.05) is 0 Å². The van der Waals surface area contributed by atoms with Crippen molar-refractivity contribution in [2.24, 2.45) is 5.10 Å². The van der Waals surface area contributed by atoms with Crippen molar-refractivity contribution in [1.82, 2.24) is 4.98 Å². The number of hydrazone groups is 1. The molecule has 1 aromatic heterocycles. The van der Waals surface area contributed by atoms with Gasteiger partial charge in [0.15, 0.2) is 5.82 Å². The smallest absolute Gasteiger partial charge is 0.165 e. The van der Waals surface area contributed by atoms with Crippen molar-refractivity contribution in [3.63, 3.8) is 0 Å². The molecule has 0 radical (unpaired) electrons. The minimum atomic E-state index is -0.333. The lowest BCUT2D eigenvalue weighted by molar-refractivity contribution is 0.625. The van der Waals surface area contributed by atoms with Gasteiger partial charge in [-0.2, -0.15) is 5.10 Å². The highest BCUT2D eigenvalue weighted by molar-refractivity contribution is 6.35. The molecule has 0 aliphatic heterocycles. The summed E-state index contributed by atoms with van der Waals surface area (Å²) in [7, 11) is 0. The van der Waals surface area contributed by atoms with Crippen molar-refractivity contribution < 1.29 is 4.39 Å². The van der Waals surface area contributed by atoms with Crippen LogP contribution in [0.4, 0.5) is 10.2 Å². The Morgan fingerprint density at radius 2 is 2.05 bits per heavy atom. The minimum absolute atomic E-state index is 0.333. The van der Waals surface area contributed by atoms with Gasteiger partial charge >= 0.3 is 0 Å². The van der Waals surface area contributed by atoms with E-state index in [0.29, 0.717) is 27.1 Å². The molecule has 0 atom stereocenters. The zero-order chi connectivity index (χ0) is 13.8. The standard InChI is InChI=1S/C13H10Cl2FN3/c1-8(10-4-2-3-5-12(10)16)18-19-13-11(15)6-9(14)7-17-13/h2-7H,1H3,(H,17,19)/b18-8-. The van der Waals surface area contributed by atoms with Crippen LogP contribution in [0.15, 0.2) is 41.6 Å². The monoisotopic (exact) mass is 297 g/mol. The fourth-order valence-corrected chi connectivity index (χ4v) is 1.87. The number of anilines is 1. The van der Waals surface area contributed by atoms with Crippen LogP contribution in [0.2, 0.25) is 10.0 Å². The average molecular weight is 298 g/mol. The quantitative estimate of drug-likeness (QED) is 0.675. The zero-order valence-electron chi connectivity index (χ0n) is 9.99. The second-order valence-corrected chi connectivity index (χ2v) is 4.62. The summed E-state index contributed by atoms with van der Waals surface area (Å²) in [6.45, 7) is 1.69. The maximum Gasteiger partial charge on any atom is 0.165 e. The second-order valence-electron chi connectivity index (χ2n) is 3.77. The maximum absolute atomic E-state index is 13.5. The maximum atomic E-state index is 13.5. The number of pyridine rings is 1. The molecule has 98 valence electrons. The molecule has 0 fully saturated rings. The number of aromatic nitrogens is 1. The Morgan fingerprint density at radius 1 is 1.32 bits per heavy atom. The first-order valence-electron chi connectivity index (χ1n) is 5.44. The van der Waals surface area contributed by atoms with Gasteiger partial charge in [-0.25, -0.2) is 9.37 Å². The normalized spacial score (nSPS) is 11.5. The Kier molecular flexibility index (Phi) is 4.35. The largest absolute Gasteiger partial charge is 0.260 e. The molecule has 19 heavy (non-hydrogen) atoms. The lowest BCUT2D eigenvalue weighted by atomic mass is 10.1. The van der Waals surface area contributed by atoms with E-state index in [-0.39, 0.29) is 5.82 Å². The van der Waals surface area contributed by atoms with Crippen LogP contribution in [-0.2, 0) is 0 Å². The molecular formula is C13H10Cl2FN3. The highest BCUT2D eigenvalue weighted by atomic mass is 35.5. The summed E-state index contributed by atoms with van der Waals surface area (Å²) >= 11 is 11.7. The summed E-state index contributed by atoms with van der Waals surface area (Å²) in [4.78, 5) is 3.99. The summed E-state index contributed by atoms with van der Waals surface area (Å²) in [5.41, 5.74) is 3.59. The van der Waals surface area contributed by atoms with Gasteiger partial charge in [0.1, 0.15) is 5.82 Å². The predicted octanol–water partition coefficient (Wildman–Crippen LogP) is 4.36. The molecule has 6 heteroatoms. The molecule has 0 aliphatic rings. The van der Waals surface area contributed by atoms with E-state index in [4.69, 9.17) is 23.2 Å². The van der Waals surface area contributed by atoms with E-state index in [0.717, 1.165) is 0 Å². The molecule has 0 spiro atoms. The lowest BCUT2D eigenvalue weighted by Crippen LogP contribution is -2.03.